The van der Waals surface area contributed by atoms with Crippen LogP contribution in [0.4, 0.5) is 10.5 Å². The number of carbonyl (C=O) groups is 2. The molecule has 0 unspecified atom stereocenters. The Morgan fingerprint density at radius 1 is 0.975 bits per heavy atom. The van der Waals surface area contributed by atoms with E-state index in [0.717, 1.165) is 23.1 Å². The van der Waals surface area contributed by atoms with E-state index < -0.39 is 5.72 Å². The summed E-state index contributed by atoms with van der Waals surface area (Å²) in [5, 5.41) is 6.11. The van der Waals surface area contributed by atoms with Crippen molar-refractivity contribution in [2.75, 3.05) is 11.4 Å². The Hall–Kier alpha value is -4.78. The standard InChI is InChI=1S/C33H31N3O4/c1-33-21-28(27-16-9-17-29(30(27)40-33)39-22-24-12-6-3-7-13-24)35-32(38)36(33)26-15-8-14-25(20-26)31(37)34-19-18-23-10-4-2-5-11-23/h2-17,20,28H,18-19,21-22H2,1H3,(H,34,37)(H,35,38)/t28-,33+/m0/s1. The van der Waals surface area contributed by atoms with Crippen molar-refractivity contribution in [3.05, 3.63) is 125 Å². The van der Waals surface area contributed by atoms with Crippen LogP contribution in [0.3, 0.4) is 0 Å². The van der Waals surface area contributed by atoms with Gasteiger partial charge in [0, 0.05) is 24.1 Å². The molecular weight excluding hydrogens is 502 g/mol. The van der Waals surface area contributed by atoms with E-state index in [1.807, 2.05) is 91.9 Å². The normalized spacial score (nSPS) is 19.2. The van der Waals surface area contributed by atoms with Gasteiger partial charge in [-0.15, -0.1) is 0 Å². The lowest BCUT2D eigenvalue weighted by atomic mass is 9.89. The van der Waals surface area contributed by atoms with Gasteiger partial charge in [0.2, 0.25) is 0 Å². The largest absolute Gasteiger partial charge is 0.485 e. The first-order valence-corrected chi connectivity index (χ1v) is 13.5. The smallest absolute Gasteiger partial charge is 0.325 e. The van der Waals surface area contributed by atoms with E-state index >= 15 is 0 Å². The molecule has 1 saturated heterocycles. The topological polar surface area (TPSA) is 79.9 Å². The Kier molecular flexibility index (Phi) is 6.86. The van der Waals surface area contributed by atoms with E-state index in [4.69, 9.17) is 9.47 Å². The van der Waals surface area contributed by atoms with Crippen molar-refractivity contribution in [3.63, 3.8) is 0 Å². The molecule has 0 radical (unpaired) electrons. The molecule has 2 aliphatic heterocycles. The van der Waals surface area contributed by atoms with Gasteiger partial charge < -0.3 is 20.1 Å². The maximum Gasteiger partial charge on any atom is 0.325 e. The number of fused-ring (bicyclic) bond motifs is 4. The highest BCUT2D eigenvalue weighted by Gasteiger charge is 2.50. The quantitative estimate of drug-likeness (QED) is 0.291. The Labute approximate surface area is 233 Å². The second-order valence-electron chi connectivity index (χ2n) is 10.3. The highest BCUT2D eigenvalue weighted by Crippen LogP contribution is 2.49. The van der Waals surface area contributed by atoms with Crippen molar-refractivity contribution in [3.8, 4) is 11.5 Å². The molecule has 1 fully saturated rings. The summed E-state index contributed by atoms with van der Waals surface area (Å²) in [4.78, 5) is 28.0. The number of urea groups is 1. The van der Waals surface area contributed by atoms with Crippen LogP contribution in [0.1, 0.15) is 46.4 Å². The van der Waals surface area contributed by atoms with Gasteiger partial charge in [0.1, 0.15) is 6.61 Å². The lowest BCUT2D eigenvalue weighted by molar-refractivity contribution is 0.0338. The van der Waals surface area contributed by atoms with Crippen LogP contribution in [0.15, 0.2) is 103 Å². The zero-order valence-electron chi connectivity index (χ0n) is 22.3. The minimum atomic E-state index is -0.978. The van der Waals surface area contributed by atoms with Crippen molar-refractivity contribution in [2.24, 2.45) is 0 Å². The summed E-state index contributed by atoms with van der Waals surface area (Å²) >= 11 is 0. The van der Waals surface area contributed by atoms with E-state index in [2.05, 4.69) is 10.6 Å². The molecule has 7 heteroatoms. The van der Waals surface area contributed by atoms with Crippen molar-refractivity contribution < 1.29 is 19.1 Å². The van der Waals surface area contributed by atoms with E-state index in [9.17, 15) is 9.59 Å². The molecular formula is C33H31N3O4. The number of ether oxygens (including phenoxy) is 2. The number of para-hydroxylation sites is 1. The molecule has 4 aromatic rings. The van der Waals surface area contributed by atoms with Crippen LogP contribution in [0.25, 0.3) is 0 Å². The van der Waals surface area contributed by atoms with Crippen molar-refractivity contribution in [1.82, 2.24) is 10.6 Å². The van der Waals surface area contributed by atoms with Crippen LogP contribution in [-0.4, -0.2) is 24.2 Å². The monoisotopic (exact) mass is 533 g/mol. The van der Waals surface area contributed by atoms with Crippen molar-refractivity contribution in [1.29, 1.82) is 0 Å². The second-order valence-corrected chi connectivity index (χ2v) is 10.3. The fourth-order valence-electron chi connectivity index (χ4n) is 5.45. The predicted octanol–water partition coefficient (Wildman–Crippen LogP) is 6.01. The fourth-order valence-corrected chi connectivity index (χ4v) is 5.45. The number of hydrogen-bond donors (Lipinski definition) is 2. The molecule has 2 N–H and O–H groups in total. The van der Waals surface area contributed by atoms with Gasteiger partial charge in [-0.3, -0.25) is 9.69 Å². The number of nitrogens with one attached hydrogen (secondary N) is 2. The SMILES string of the molecule is C[C@@]12C[C@H](NC(=O)N1c1cccc(C(=O)NCCc3ccccc3)c1)c1cccc(OCc3ccccc3)c1O2. The maximum atomic E-state index is 13.4. The Bertz CT molecular complexity index is 1530. The number of carbonyl (C=O) groups excluding carboxylic acids is 2. The first-order valence-electron chi connectivity index (χ1n) is 13.5. The average Bonchev–Trinajstić information content (AvgIpc) is 2.97. The first-order chi connectivity index (χ1) is 19.5. The van der Waals surface area contributed by atoms with Crippen LogP contribution < -0.4 is 25.0 Å². The third-order valence-electron chi connectivity index (χ3n) is 7.41. The number of nitrogens with zero attached hydrogens (tertiary/aromatic N) is 1. The molecule has 3 amide bonds. The van der Waals surface area contributed by atoms with Gasteiger partial charge in [-0.2, -0.15) is 0 Å². The number of amides is 3. The van der Waals surface area contributed by atoms with E-state index in [1.165, 1.54) is 0 Å². The number of hydrogen-bond acceptors (Lipinski definition) is 4. The molecule has 4 aromatic carbocycles. The summed E-state index contributed by atoms with van der Waals surface area (Å²) in [5.74, 6) is 1.06. The highest BCUT2D eigenvalue weighted by molar-refractivity contribution is 5.99. The van der Waals surface area contributed by atoms with Gasteiger partial charge in [-0.1, -0.05) is 78.9 Å². The van der Waals surface area contributed by atoms with Crippen LogP contribution in [0.5, 0.6) is 11.5 Å². The van der Waals surface area contributed by atoms with Crippen LogP contribution >= 0.6 is 0 Å². The minimum absolute atomic E-state index is 0.190. The summed E-state index contributed by atoms with van der Waals surface area (Å²) in [6.07, 6.45) is 1.28. The van der Waals surface area contributed by atoms with Crippen LogP contribution in [0, 0.1) is 0 Å². The third kappa shape index (κ3) is 5.10. The fraction of sp³-hybridized carbons (Fsp3) is 0.212. The maximum absolute atomic E-state index is 13.4. The Morgan fingerprint density at radius 3 is 2.48 bits per heavy atom. The molecule has 2 heterocycles. The first kappa shape index (κ1) is 25.5. The molecule has 0 spiro atoms. The van der Waals surface area contributed by atoms with Gasteiger partial charge in [-0.25, -0.2) is 4.79 Å². The average molecular weight is 534 g/mol. The van der Waals surface area contributed by atoms with E-state index in [1.54, 1.807) is 23.1 Å². The van der Waals surface area contributed by atoms with Crippen molar-refractivity contribution >= 4 is 17.6 Å². The lowest BCUT2D eigenvalue weighted by Crippen LogP contribution is -2.65. The zero-order chi connectivity index (χ0) is 27.5. The summed E-state index contributed by atoms with van der Waals surface area (Å²) in [6.45, 7) is 2.82. The molecule has 0 saturated carbocycles. The molecule has 202 valence electrons. The molecule has 0 aliphatic carbocycles. The number of anilines is 1. The summed E-state index contributed by atoms with van der Waals surface area (Å²) < 4.78 is 12.8. The molecule has 2 aliphatic rings. The number of benzene rings is 4. The van der Waals surface area contributed by atoms with Gasteiger partial charge in [-0.05, 0) is 48.7 Å². The molecule has 6 rings (SSSR count). The minimum Gasteiger partial charge on any atom is -0.485 e. The molecule has 40 heavy (non-hydrogen) atoms. The zero-order valence-corrected chi connectivity index (χ0v) is 22.3. The highest BCUT2D eigenvalue weighted by atomic mass is 16.5. The second kappa shape index (κ2) is 10.8. The summed E-state index contributed by atoms with van der Waals surface area (Å²) in [6, 6.07) is 32.3. The molecule has 2 atom stereocenters. The van der Waals surface area contributed by atoms with Crippen molar-refractivity contribution in [2.45, 2.75) is 38.1 Å². The van der Waals surface area contributed by atoms with Crippen LogP contribution in [-0.2, 0) is 13.0 Å². The molecule has 2 bridgehead atoms. The molecule has 7 nitrogen and oxygen atoms in total. The predicted molar refractivity (Wildman–Crippen MR) is 154 cm³/mol. The summed E-state index contributed by atoms with van der Waals surface area (Å²) in [7, 11) is 0. The Balaban J connectivity index is 1.22. The number of rotatable bonds is 8. The van der Waals surface area contributed by atoms with E-state index in [0.29, 0.717) is 42.3 Å². The third-order valence-corrected chi connectivity index (χ3v) is 7.41. The van der Waals surface area contributed by atoms with E-state index in [-0.39, 0.29) is 18.0 Å². The Morgan fingerprint density at radius 2 is 1.70 bits per heavy atom. The van der Waals surface area contributed by atoms with Gasteiger partial charge in [0.15, 0.2) is 17.2 Å². The molecule has 0 aromatic heterocycles. The lowest BCUT2D eigenvalue weighted by Gasteiger charge is -2.50. The van der Waals surface area contributed by atoms with Gasteiger partial charge in [0.05, 0.1) is 11.7 Å². The van der Waals surface area contributed by atoms with Gasteiger partial charge >= 0.3 is 6.03 Å². The summed E-state index contributed by atoms with van der Waals surface area (Å²) in [5.41, 5.74) is 3.19. The van der Waals surface area contributed by atoms with Gasteiger partial charge in [0.25, 0.3) is 5.91 Å². The van der Waals surface area contributed by atoms with Crippen LogP contribution in [0.2, 0.25) is 0 Å².